The van der Waals surface area contributed by atoms with E-state index in [0.29, 0.717) is 6.61 Å². The fraction of sp³-hybridized carbons (Fsp3) is 1.00. The molecule has 0 saturated carbocycles. The van der Waals surface area contributed by atoms with Crippen molar-refractivity contribution < 1.29 is 48.4 Å². The van der Waals surface area contributed by atoms with Crippen molar-refractivity contribution >= 4 is 23.8 Å². The van der Waals surface area contributed by atoms with Gasteiger partial charge in [-0.05, 0) is 32.1 Å². The molecule has 0 fully saturated rings. The van der Waals surface area contributed by atoms with Crippen LogP contribution in [-0.2, 0) is 15.5 Å². The summed E-state index contributed by atoms with van der Waals surface area (Å²) in [5.74, 6) is 0. The fourth-order valence-electron chi connectivity index (χ4n) is 4.18. The molecule has 0 N–H and O–H groups in total. The Kier molecular flexibility index (Phi) is 42.8. The normalized spacial score (nSPS) is 11.7. The molecule has 4 nitrogen and oxygen atoms in total. The van der Waals surface area contributed by atoms with Gasteiger partial charge in [-0.15, -0.1) is 12.4 Å². The SMILES string of the molecule is CCCCCCCCCCCOS(=O)[O-].CCCC[N+](CCCC)(CCCC)CCCC.Cl.[H-].[Na+]. The number of quaternary nitrogens is 1. The third-order valence-electron chi connectivity index (χ3n) is 6.37. The van der Waals surface area contributed by atoms with Crippen LogP contribution in [0.1, 0.15) is 145 Å². The molecule has 0 saturated heterocycles. The van der Waals surface area contributed by atoms with E-state index in [-0.39, 0.29) is 43.4 Å². The van der Waals surface area contributed by atoms with Gasteiger partial charge in [-0.2, -0.15) is 0 Å². The van der Waals surface area contributed by atoms with Crippen LogP contribution in [0.3, 0.4) is 0 Å². The number of rotatable bonds is 23. The van der Waals surface area contributed by atoms with Crippen LogP contribution in [0, 0.1) is 0 Å². The fourth-order valence-corrected chi connectivity index (χ4v) is 4.44. The van der Waals surface area contributed by atoms with E-state index >= 15 is 0 Å². The summed E-state index contributed by atoms with van der Waals surface area (Å²) in [6, 6.07) is 0. The predicted octanol–water partition coefficient (Wildman–Crippen LogP) is 5.87. The monoisotopic (exact) mass is 537 g/mol. The summed E-state index contributed by atoms with van der Waals surface area (Å²) in [6.45, 7) is 17.6. The molecule has 0 amide bonds. The van der Waals surface area contributed by atoms with E-state index in [9.17, 15) is 8.76 Å². The molecule has 34 heavy (non-hydrogen) atoms. The molecule has 0 aromatic carbocycles. The largest absolute Gasteiger partial charge is 1.00 e. The molecular weight excluding hydrogens is 477 g/mol. The maximum absolute atomic E-state index is 10.0. The Balaban J connectivity index is -0.000000159. The molecule has 0 aliphatic heterocycles. The van der Waals surface area contributed by atoms with Crippen molar-refractivity contribution in [3.63, 3.8) is 0 Å². The second-order valence-corrected chi connectivity index (χ2v) is 10.1. The smallest absolute Gasteiger partial charge is 1.00 e. The van der Waals surface area contributed by atoms with Crippen molar-refractivity contribution in [1.29, 1.82) is 0 Å². The van der Waals surface area contributed by atoms with Crippen molar-refractivity contribution in [2.75, 3.05) is 32.8 Å². The second kappa shape index (κ2) is 34.3. The Labute approximate surface area is 247 Å². The van der Waals surface area contributed by atoms with Crippen molar-refractivity contribution in [3.05, 3.63) is 0 Å². The molecule has 7 heteroatoms. The summed E-state index contributed by atoms with van der Waals surface area (Å²) < 4.78 is 25.9. The average Bonchev–Trinajstić information content (AvgIpc) is 2.79. The molecule has 0 heterocycles. The molecule has 0 bridgehead atoms. The van der Waals surface area contributed by atoms with Crippen LogP contribution in [0.15, 0.2) is 0 Å². The van der Waals surface area contributed by atoms with Crippen molar-refractivity contribution in [2.24, 2.45) is 0 Å². The zero-order valence-corrected chi connectivity index (χ0v) is 27.7. The number of unbranched alkanes of at least 4 members (excludes halogenated alkanes) is 12. The first-order valence-electron chi connectivity index (χ1n) is 14.1. The van der Waals surface area contributed by atoms with E-state index in [4.69, 9.17) is 0 Å². The molecule has 1 atom stereocenters. The van der Waals surface area contributed by atoms with Crippen LogP contribution in [0.5, 0.6) is 0 Å². The number of hydrogen-bond acceptors (Lipinski definition) is 3. The first kappa shape index (κ1) is 42.4. The van der Waals surface area contributed by atoms with Gasteiger partial charge in [-0.3, -0.25) is 0 Å². The maximum atomic E-state index is 10.0. The van der Waals surface area contributed by atoms with Crippen LogP contribution >= 0.6 is 12.4 Å². The number of halogens is 1. The molecule has 206 valence electrons. The van der Waals surface area contributed by atoms with E-state index in [1.54, 1.807) is 0 Å². The summed E-state index contributed by atoms with van der Waals surface area (Å²) in [5.41, 5.74) is 0. The Morgan fingerprint density at radius 1 is 0.588 bits per heavy atom. The predicted molar refractivity (Wildman–Crippen MR) is 150 cm³/mol. The zero-order chi connectivity index (χ0) is 24.3. The Morgan fingerprint density at radius 3 is 1.18 bits per heavy atom. The second-order valence-electron chi connectivity index (χ2n) is 9.50. The van der Waals surface area contributed by atoms with Crippen molar-refractivity contribution in [2.45, 2.75) is 144 Å². The van der Waals surface area contributed by atoms with Gasteiger partial charge >= 0.3 is 29.6 Å². The van der Waals surface area contributed by atoms with Crippen LogP contribution in [0.2, 0.25) is 0 Å². The van der Waals surface area contributed by atoms with Gasteiger partial charge in [0.15, 0.2) is 0 Å². The third-order valence-corrected chi connectivity index (χ3v) is 6.73. The van der Waals surface area contributed by atoms with Gasteiger partial charge in [0.1, 0.15) is 0 Å². The quantitative estimate of drug-likeness (QED) is 0.0708. The minimum absolute atomic E-state index is 0. The minimum Gasteiger partial charge on any atom is -1.00 e. The first-order chi connectivity index (χ1) is 15.5. The standard InChI is InChI=1S/C16H36N.C11H24O3S.ClH.Na.H/c1-5-9-13-17(14-10-6-2,15-11-7-3)16-12-8-4;1-2-3-4-5-6-7-8-9-10-11-14-15(12)13;;;/h5-16H2,1-4H3;2-11H2,1H3,(H,12,13);1H;;/q+1;;;+1;-1/p-1. The minimum atomic E-state index is -2.33. The van der Waals surface area contributed by atoms with E-state index in [2.05, 4.69) is 38.8 Å². The number of hydrogen-bond donors (Lipinski definition) is 0. The first-order valence-corrected chi connectivity index (χ1v) is 15.1. The molecule has 0 aliphatic carbocycles. The molecule has 0 aromatic rings. The number of nitrogens with zero attached hydrogens (tertiary/aromatic N) is 1. The molecule has 0 aromatic heterocycles. The maximum Gasteiger partial charge on any atom is 1.00 e. The van der Waals surface area contributed by atoms with E-state index in [0.717, 1.165) is 12.8 Å². The van der Waals surface area contributed by atoms with Gasteiger partial charge in [0.25, 0.3) is 0 Å². The van der Waals surface area contributed by atoms with Crippen LogP contribution in [0.4, 0.5) is 0 Å². The third kappa shape index (κ3) is 31.4. The van der Waals surface area contributed by atoms with Crippen LogP contribution in [-0.4, -0.2) is 46.0 Å². The molecule has 1 unspecified atom stereocenters. The zero-order valence-electron chi connectivity index (χ0n) is 25.0. The summed E-state index contributed by atoms with van der Waals surface area (Å²) in [7, 11) is 0. The van der Waals surface area contributed by atoms with Crippen LogP contribution < -0.4 is 29.6 Å². The molecule has 0 radical (unpaired) electrons. The summed E-state index contributed by atoms with van der Waals surface area (Å²) in [6.07, 6.45) is 22.1. The van der Waals surface area contributed by atoms with Gasteiger partial charge in [0.05, 0.1) is 44.1 Å². The Bertz CT molecular complexity index is 362. The van der Waals surface area contributed by atoms with Gasteiger partial charge < -0.3 is 14.6 Å². The topological polar surface area (TPSA) is 49.4 Å². The van der Waals surface area contributed by atoms with Gasteiger partial charge in [0, 0.05) is 0 Å². The van der Waals surface area contributed by atoms with Gasteiger partial charge in [0.2, 0.25) is 0 Å². The molecule has 0 rings (SSSR count). The van der Waals surface area contributed by atoms with Crippen molar-refractivity contribution in [1.82, 2.24) is 0 Å². The van der Waals surface area contributed by atoms with E-state index in [1.165, 1.54) is 127 Å². The summed E-state index contributed by atoms with van der Waals surface area (Å²) in [4.78, 5) is 0. The van der Waals surface area contributed by atoms with E-state index < -0.39 is 11.4 Å². The van der Waals surface area contributed by atoms with Crippen molar-refractivity contribution in [3.8, 4) is 0 Å². The Morgan fingerprint density at radius 2 is 0.882 bits per heavy atom. The van der Waals surface area contributed by atoms with Gasteiger partial charge in [-0.1, -0.05) is 112 Å². The average molecular weight is 538 g/mol. The van der Waals surface area contributed by atoms with Crippen LogP contribution in [0.25, 0.3) is 0 Å². The van der Waals surface area contributed by atoms with Gasteiger partial charge in [-0.25, -0.2) is 4.21 Å². The van der Waals surface area contributed by atoms with E-state index in [1.807, 2.05) is 0 Å². The molecule has 0 aliphatic rings. The summed E-state index contributed by atoms with van der Waals surface area (Å²) >= 11 is -2.33. The molecular formula is C27H61ClNNaO3S. The molecule has 0 spiro atoms. The summed E-state index contributed by atoms with van der Waals surface area (Å²) in [5, 5.41) is 0. The Hall–Kier alpha value is 1.32.